The van der Waals surface area contributed by atoms with E-state index in [0.717, 1.165) is 6.54 Å². The van der Waals surface area contributed by atoms with E-state index in [1.807, 2.05) is 0 Å². The van der Waals surface area contributed by atoms with Crippen LogP contribution < -0.4 is 15.4 Å². The van der Waals surface area contributed by atoms with Crippen LogP contribution in [0.25, 0.3) is 0 Å². The van der Waals surface area contributed by atoms with Crippen molar-refractivity contribution in [3.8, 4) is 5.75 Å². The molecule has 114 valence electrons. The van der Waals surface area contributed by atoms with Crippen molar-refractivity contribution in [2.24, 2.45) is 0 Å². The third-order valence-electron chi connectivity index (χ3n) is 2.31. The lowest BCUT2D eigenvalue weighted by Crippen LogP contribution is -2.38. The fraction of sp³-hybridized carbons (Fsp3) is 0.538. The lowest BCUT2D eigenvalue weighted by molar-refractivity contribution is -0.0497. The second-order valence-electron chi connectivity index (χ2n) is 5.25. The largest absolute Gasteiger partial charge is 0.432 e. The zero-order chi connectivity index (χ0) is 15.3. The van der Waals surface area contributed by atoms with Crippen LogP contribution in [0, 0.1) is 0 Å². The van der Waals surface area contributed by atoms with Crippen LogP contribution >= 0.6 is 23.2 Å². The standard InChI is InChI=1S/C13H18Cl2F2N2O/c1-13(2,3)19-5-4-18-8-6-9(14)11(10(15)7-8)20-12(16)17/h6-7,12,18-19H,4-5H2,1-3H3. The van der Waals surface area contributed by atoms with Crippen molar-refractivity contribution in [1.82, 2.24) is 5.32 Å². The van der Waals surface area contributed by atoms with E-state index in [0.29, 0.717) is 12.2 Å². The average molecular weight is 327 g/mol. The minimum absolute atomic E-state index is 0.0337. The van der Waals surface area contributed by atoms with Crippen molar-refractivity contribution in [3.63, 3.8) is 0 Å². The maximum atomic E-state index is 12.2. The summed E-state index contributed by atoms with van der Waals surface area (Å²) in [5.41, 5.74) is 0.684. The molecule has 0 atom stereocenters. The van der Waals surface area contributed by atoms with Gasteiger partial charge < -0.3 is 15.4 Å². The summed E-state index contributed by atoms with van der Waals surface area (Å²) in [7, 11) is 0. The number of anilines is 1. The Morgan fingerprint density at radius 1 is 1.15 bits per heavy atom. The number of ether oxygens (including phenoxy) is 1. The number of halogens is 4. The average Bonchev–Trinajstić information content (AvgIpc) is 2.28. The highest BCUT2D eigenvalue weighted by Gasteiger charge is 2.14. The number of rotatable bonds is 6. The van der Waals surface area contributed by atoms with E-state index in [-0.39, 0.29) is 21.3 Å². The second kappa shape index (κ2) is 7.29. The number of nitrogens with one attached hydrogen (secondary N) is 2. The fourth-order valence-electron chi connectivity index (χ4n) is 1.51. The molecule has 1 aromatic carbocycles. The Kier molecular flexibility index (Phi) is 6.30. The minimum atomic E-state index is -2.96. The van der Waals surface area contributed by atoms with Gasteiger partial charge in [-0.15, -0.1) is 0 Å². The van der Waals surface area contributed by atoms with Gasteiger partial charge in [0.2, 0.25) is 0 Å². The summed E-state index contributed by atoms with van der Waals surface area (Å²) in [5, 5.41) is 6.50. The molecule has 0 saturated heterocycles. The van der Waals surface area contributed by atoms with E-state index >= 15 is 0 Å². The van der Waals surface area contributed by atoms with Gasteiger partial charge in [0.05, 0.1) is 10.0 Å². The van der Waals surface area contributed by atoms with Crippen molar-refractivity contribution in [2.45, 2.75) is 32.9 Å². The molecule has 3 nitrogen and oxygen atoms in total. The molecule has 7 heteroatoms. The summed E-state index contributed by atoms with van der Waals surface area (Å²) in [6, 6.07) is 3.00. The van der Waals surface area contributed by atoms with Crippen LogP contribution in [0.3, 0.4) is 0 Å². The summed E-state index contributed by atoms with van der Waals surface area (Å²) < 4.78 is 28.6. The minimum Gasteiger partial charge on any atom is -0.432 e. The van der Waals surface area contributed by atoms with Crippen LogP contribution in [0.2, 0.25) is 10.0 Å². The van der Waals surface area contributed by atoms with Crippen LogP contribution in [0.5, 0.6) is 5.75 Å². The predicted octanol–water partition coefficient (Wildman–Crippen LogP) is 4.39. The molecule has 0 aromatic heterocycles. The van der Waals surface area contributed by atoms with Crippen molar-refractivity contribution in [2.75, 3.05) is 18.4 Å². The van der Waals surface area contributed by atoms with Gasteiger partial charge in [0, 0.05) is 24.3 Å². The second-order valence-corrected chi connectivity index (χ2v) is 6.07. The zero-order valence-electron chi connectivity index (χ0n) is 11.6. The number of hydrogen-bond donors (Lipinski definition) is 2. The highest BCUT2D eigenvalue weighted by Crippen LogP contribution is 2.36. The predicted molar refractivity (Wildman–Crippen MR) is 79.3 cm³/mol. The van der Waals surface area contributed by atoms with Gasteiger partial charge in [-0.25, -0.2) is 0 Å². The van der Waals surface area contributed by atoms with Crippen molar-refractivity contribution < 1.29 is 13.5 Å². The van der Waals surface area contributed by atoms with E-state index in [4.69, 9.17) is 23.2 Å². The Balaban J connectivity index is 2.60. The van der Waals surface area contributed by atoms with Gasteiger partial charge in [-0.3, -0.25) is 0 Å². The normalized spacial score (nSPS) is 11.8. The van der Waals surface area contributed by atoms with Gasteiger partial charge in [0.15, 0.2) is 5.75 Å². The quantitative estimate of drug-likeness (QED) is 0.760. The number of hydrogen-bond acceptors (Lipinski definition) is 3. The summed E-state index contributed by atoms with van der Waals surface area (Å²) in [4.78, 5) is 0. The van der Waals surface area contributed by atoms with E-state index in [1.165, 1.54) is 12.1 Å². The highest BCUT2D eigenvalue weighted by molar-refractivity contribution is 6.37. The molecule has 0 saturated carbocycles. The molecule has 0 bridgehead atoms. The first-order chi connectivity index (χ1) is 9.19. The molecule has 0 fully saturated rings. The first-order valence-corrected chi connectivity index (χ1v) is 6.87. The molecule has 1 aromatic rings. The highest BCUT2D eigenvalue weighted by atomic mass is 35.5. The fourth-order valence-corrected chi connectivity index (χ4v) is 2.08. The van der Waals surface area contributed by atoms with E-state index in [1.54, 1.807) is 0 Å². The first-order valence-electron chi connectivity index (χ1n) is 6.12. The summed E-state index contributed by atoms with van der Waals surface area (Å²) in [5.74, 6) is -0.207. The molecule has 2 N–H and O–H groups in total. The van der Waals surface area contributed by atoms with Gasteiger partial charge in [-0.1, -0.05) is 23.2 Å². The third kappa shape index (κ3) is 6.11. The van der Waals surface area contributed by atoms with Crippen LogP contribution in [0.15, 0.2) is 12.1 Å². The van der Waals surface area contributed by atoms with E-state index in [9.17, 15) is 8.78 Å². The van der Waals surface area contributed by atoms with Crippen molar-refractivity contribution in [3.05, 3.63) is 22.2 Å². The summed E-state index contributed by atoms with van der Waals surface area (Å²) in [6.07, 6.45) is 0. The third-order valence-corrected chi connectivity index (χ3v) is 2.88. The molecular formula is C13H18Cl2F2N2O. The molecule has 0 unspecified atom stereocenters. The van der Waals surface area contributed by atoms with Gasteiger partial charge in [-0.05, 0) is 32.9 Å². The molecule has 0 radical (unpaired) electrons. The molecule has 0 aliphatic heterocycles. The zero-order valence-corrected chi connectivity index (χ0v) is 13.1. The van der Waals surface area contributed by atoms with E-state index < -0.39 is 6.61 Å². The SMILES string of the molecule is CC(C)(C)NCCNc1cc(Cl)c(OC(F)F)c(Cl)c1. The lowest BCUT2D eigenvalue weighted by atomic mass is 10.1. The Hall–Kier alpha value is -0.780. The molecule has 0 heterocycles. The summed E-state index contributed by atoms with van der Waals surface area (Å²) in [6.45, 7) is 4.64. The molecular weight excluding hydrogens is 309 g/mol. The summed E-state index contributed by atoms with van der Waals surface area (Å²) >= 11 is 11.7. The Morgan fingerprint density at radius 2 is 1.70 bits per heavy atom. The molecule has 20 heavy (non-hydrogen) atoms. The number of benzene rings is 1. The monoisotopic (exact) mass is 326 g/mol. The number of alkyl halides is 2. The van der Waals surface area contributed by atoms with Crippen LogP contribution in [-0.2, 0) is 0 Å². The van der Waals surface area contributed by atoms with Gasteiger partial charge in [0.1, 0.15) is 0 Å². The van der Waals surface area contributed by atoms with Gasteiger partial charge in [-0.2, -0.15) is 8.78 Å². The van der Waals surface area contributed by atoms with Crippen molar-refractivity contribution in [1.29, 1.82) is 0 Å². The maximum absolute atomic E-state index is 12.2. The maximum Gasteiger partial charge on any atom is 0.387 e. The molecule has 0 amide bonds. The smallest absolute Gasteiger partial charge is 0.387 e. The Morgan fingerprint density at radius 3 is 2.15 bits per heavy atom. The van der Waals surface area contributed by atoms with E-state index in [2.05, 4.69) is 36.1 Å². The molecule has 0 aliphatic rings. The van der Waals surface area contributed by atoms with Crippen LogP contribution in [0.4, 0.5) is 14.5 Å². The van der Waals surface area contributed by atoms with Gasteiger partial charge >= 0.3 is 6.61 Å². The Labute approximate surface area is 127 Å². The van der Waals surface area contributed by atoms with Gasteiger partial charge in [0.25, 0.3) is 0 Å². The molecule has 0 aliphatic carbocycles. The first kappa shape index (κ1) is 17.3. The van der Waals surface area contributed by atoms with Crippen LogP contribution in [-0.4, -0.2) is 25.2 Å². The lowest BCUT2D eigenvalue weighted by Gasteiger charge is -2.21. The molecule has 0 spiro atoms. The molecule has 1 rings (SSSR count). The van der Waals surface area contributed by atoms with Crippen LogP contribution in [0.1, 0.15) is 20.8 Å². The van der Waals surface area contributed by atoms with Crippen molar-refractivity contribution >= 4 is 28.9 Å². The Bertz CT molecular complexity index is 427. The topological polar surface area (TPSA) is 33.3 Å².